The van der Waals surface area contributed by atoms with E-state index in [-0.39, 0.29) is 35.9 Å². The van der Waals surface area contributed by atoms with Crippen LogP contribution >= 0.6 is 0 Å². The summed E-state index contributed by atoms with van der Waals surface area (Å²) in [4.78, 5) is 41.4. The first-order valence-electron chi connectivity index (χ1n) is 15.6. The number of fused-ring (bicyclic) bond motifs is 7. The Morgan fingerprint density at radius 2 is 1.76 bits per heavy atom. The van der Waals surface area contributed by atoms with Crippen LogP contribution in [0.4, 0.5) is 0 Å². The number of rotatable bonds is 1. The van der Waals surface area contributed by atoms with Crippen LogP contribution in [0.5, 0.6) is 0 Å². The highest BCUT2D eigenvalue weighted by Gasteiger charge is 2.71. The summed E-state index contributed by atoms with van der Waals surface area (Å²) in [5.41, 5.74) is -4.59. The quantitative estimate of drug-likeness (QED) is 0.383. The Morgan fingerprint density at radius 1 is 1.08 bits per heavy atom. The van der Waals surface area contributed by atoms with E-state index in [2.05, 4.69) is 19.9 Å². The van der Waals surface area contributed by atoms with E-state index in [9.17, 15) is 22.4 Å². The van der Waals surface area contributed by atoms with Gasteiger partial charge in [-0.3, -0.25) is 14.4 Å². The Balaban J connectivity index is 1.76. The summed E-state index contributed by atoms with van der Waals surface area (Å²) in [5, 5.41) is 9.89. The second kappa shape index (κ2) is 7.67. The minimum absolute atomic E-state index is 0.0689. The van der Waals surface area contributed by atoms with Crippen molar-refractivity contribution in [3.8, 4) is 6.07 Å². The number of carbonyl (C=O) groups excluding carboxylic acids is 3. The fraction of sp³-hybridized carbons (Fsp3) is 0.750. The van der Waals surface area contributed by atoms with Gasteiger partial charge in [-0.1, -0.05) is 60.1 Å². The van der Waals surface area contributed by atoms with Crippen molar-refractivity contribution in [1.82, 2.24) is 0 Å². The Bertz CT molecular complexity index is 1370. The van der Waals surface area contributed by atoms with Gasteiger partial charge < -0.3 is 4.74 Å². The highest BCUT2D eigenvalue weighted by molar-refractivity contribution is 6.04. The van der Waals surface area contributed by atoms with Gasteiger partial charge in [0.05, 0.1) is 18.1 Å². The van der Waals surface area contributed by atoms with E-state index in [1.807, 2.05) is 20.8 Å². The molecule has 5 rings (SSSR count). The minimum Gasteiger partial charge on any atom is -0.469 e. The maximum Gasteiger partial charge on any atom is 0.312 e. The van der Waals surface area contributed by atoms with E-state index in [0.717, 1.165) is 12.0 Å². The van der Waals surface area contributed by atoms with Gasteiger partial charge >= 0.3 is 5.97 Å². The predicted molar refractivity (Wildman–Crippen MR) is 141 cm³/mol. The number of nitriles is 1. The fourth-order valence-corrected chi connectivity index (χ4v) is 9.51. The number of ether oxygens (including phenoxy) is 1. The first-order chi connectivity index (χ1) is 18.6. The molecule has 0 saturated heterocycles. The van der Waals surface area contributed by atoms with Crippen LogP contribution in [0.2, 0.25) is 0 Å². The number of nitrogens with zero attached hydrogens (tertiary/aromatic N) is 1. The smallest absolute Gasteiger partial charge is 0.312 e. The van der Waals surface area contributed by atoms with Gasteiger partial charge in [-0.15, -0.1) is 0 Å². The molecule has 0 aromatic heterocycles. The molecule has 0 aliphatic heterocycles. The second-order valence-electron chi connectivity index (χ2n) is 14.2. The van der Waals surface area contributed by atoms with Crippen molar-refractivity contribution >= 4 is 17.5 Å². The zero-order valence-electron chi connectivity index (χ0n) is 27.5. The lowest BCUT2D eigenvalue weighted by atomic mass is 9.34. The lowest BCUT2D eigenvalue weighted by Crippen LogP contribution is -2.65. The Morgan fingerprint density at radius 3 is 2.38 bits per heavy atom. The van der Waals surface area contributed by atoms with Crippen LogP contribution < -0.4 is 0 Å². The summed E-state index contributed by atoms with van der Waals surface area (Å²) in [6, 6.07) is 2.11. The molecule has 0 bridgehead atoms. The number of allylic oxidation sites excluding steroid dienone is 4. The molecule has 5 heteroatoms. The van der Waals surface area contributed by atoms with E-state index < -0.39 is 63.0 Å². The molecular weight excluding hydrogens is 462 g/mol. The van der Waals surface area contributed by atoms with E-state index in [1.165, 1.54) is 7.11 Å². The Hall–Kier alpha value is -2.22. The maximum absolute atomic E-state index is 14.5. The summed E-state index contributed by atoms with van der Waals surface area (Å²) in [6.45, 7) is 13.5. The number of esters is 1. The number of carbonyl (C=O) groups is 3. The van der Waals surface area contributed by atoms with Crippen molar-refractivity contribution in [2.24, 2.45) is 50.2 Å². The van der Waals surface area contributed by atoms with Crippen molar-refractivity contribution in [2.45, 2.75) is 93.3 Å². The molecule has 5 nitrogen and oxygen atoms in total. The van der Waals surface area contributed by atoms with Crippen LogP contribution in [0.1, 0.15) is 98.8 Å². The highest BCUT2D eigenvalue weighted by Crippen LogP contribution is 2.74. The second-order valence-corrected chi connectivity index (χ2v) is 14.2. The summed E-state index contributed by atoms with van der Waals surface area (Å²) in [5.74, 6) is -2.71. The zero-order valence-corrected chi connectivity index (χ0v) is 23.5. The first kappa shape index (κ1) is 21.7. The van der Waals surface area contributed by atoms with Gasteiger partial charge in [0.2, 0.25) is 0 Å². The minimum atomic E-state index is -2.58. The molecule has 5 aliphatic carbocycles. The van der Waals surface area contributed by atoms with E-state index in [0.29, 0.717) is 12.8 Å². The molecule has 7 atom stereocenters. The zero-order chi connectivity index (χ0) is 31.0. The number of Topliss-reactive ketones (excluding diaryl/α,β-unsaturated/α-hetero) is 1. The fourth-order valence-electron chi connectivity index (χ4n) is 9.51. The molecule has 0 aromatic carbocycles. The molecule has 0 heterocycles. The van der Waals surface area contributed by atoms with Crippen molar-refractivity contribution in [3.05, 3.63) is 23.3 Å². The summed E-state index contributed by atoms with van der Waals surface area (Å²) in [6.07, 6.45) is 0.561. The predicted octanol–water partition coefficient (Wildman–Crippen LogP) is 6.38. The summed E-state index contributed by atoms with van der Waals surface area (Å²) in [7, 11) is 1.21. The van der Waals surface area contributed by atoms with Crippen molar-refractivity contribution < 1.29 is 24.6 Å². The lowest BCUT2D eigenvalue weighted by molar-refractivity contribution is -0.191. The SMILES string of the molecule is [2H]C1([2H])C(C)(C)C[C@H]2[C@H]3C(=O)C=C4[C@@]5(C)C=C(C#N)C(=O)C(C)(C)[C@@H]5CC[C@@]4(C)[C@]3(C)CC[C@@]2(C(=O)OC)C1([2H])[2H]. The van der Waals surface area contributed by atoms with Crippen LogP contribution in [0.15, 0.2) is 23.3 Å². The number of hydrogen-bond acceptors (Lipinski definition) is 5. The van der Waals surface area contributed by atoms with Crippen LogP contribution in [0.25, 0.3) is 0 Å². The third kappa shape index (κ3) is 3.11. The molecule has 0 amide bonds. The van der Waals surface area contributed by atoms with Crippen LogP contribution in [-0.4, -0.2) is 24.6 Å². The average molecular weight is 510 g/mol. The molecule has 0 unspecified atom stereocenters. The van der Waals surface area contributed by atoms with Gasteiger partial charge in [-0.25, -0.2) is 0 Å². The standard InChI is InChI=1S/C32H43NO4/c1-27(2)11-13-32(26(36)37-8)14-12-31(7)24(20(32)17-27)21(34)15-23-29(5)16-19(18-33)25(35)28(3,4)22(29)9-10-30(23,31)6/h15-16,20,22,24H,9-14,17H2,1-8H3/t20-,22-,24-,29-,30+,31+,32-/m0/s1/i11D2,13D2. The average Bonchev–Trinajstić information content (AvgIpc) is 2.86. The molecule has 37 heavy (non-hydrogen) atoms. The lowest BCUT2D eigenvalue weighted by Gasteiger charge is -2.68. The number of methoxy groups -OCH3 is 1. The summed E-state index contributed by atoms with van der Waals surface area (Å²) >= 11 is 0. The largest absolute Gasteiger partial charge is 0.469 e. The van der Waals surface area contributed by atoms with E-state index in [4.69, 9.17) is 7.48 Å². The van der Waals surface area contributed by atoms with E-state index in [1.54, 1.807) is 26.0 Å². The molecule has 3 saturated carbocycles. The molecule has 3 fully saturated rings. The van der Waals surface area contributed by atoms with Gasteiger partial charge in [0.15, 0.2) is 11.6 Å². The normalized spacial score (nSPS) is 50.0. The van der Waals surface area contributed by atoms with Crippen molar-refractivity contribution in [2.75, 3.05) is 7.11 Å². The van der Waals surface area contributed by atoms with Crippen molar-refractivity contribution in [3.63, 3.8) is 0 Å². The molecule has 0 radical (unpaired) electrons. The molecular formula is C32H43NO4. The highest BCUT2D eigenvalue weighted by atomic mass is 16.5. The topological polar surface area (TPSA) is 84.2 Å². The van der Waals surface area contributed by atoms with Crippen LogP contribution in [0.3, 0.4) is 0 Å². The van der Waals surface area contributed by atoms with Gasteiger partial charge in [0.1, 0.15) is 6.07 Å². The van der Waals surface area contributed by atoms with Crippen LogP contribution in [-0.2, 0) is 19.1 Å². The first-order valence-corrected chi connectivity index (χ1v) is 13.6. The third-order valence-electron chi connectivity index (χ3n) is 11.6. The van der Waals surface area contributed by atoms with Gasteiger partial charge in [-0.2, -0.15) is 5.26 Å². The number of hydrogen-bond donors (Lipinski definition) is 0. The number of ketones is 2. The Labute approximate surface area is 227 Å². The maximum atomic E-state index is 14.5. The molecule has 0 N–H and O–H groups in total. The van der Waals surface area contributed by atoms with Gasteiger partial charge in [0.25, 0.3) is 0 Å². The summed E-state index contributed by atoms with van der Waals surface area (Å²) < 4.78 is 41.5. The molecule has 5 aliphatic rings. The Kier molecular flexibility index (Phi) is 4.50. The molecule has 0 aromatic rings. The van der Waals surface area contributed by atoms with Crippen molar-refractivity contribution in [1.29, 1.82) is 5.26 Å². The monoisotopic (exact) mass is 509 g/mol. The molecule has 200 valence electrons. The third-order valence-corrected chi connectivity index (χ3v) is 11.6. The molecule has 0 spiro atoms. The van der Waals surface area contributed by atoms with Crippen LogP contribution in [0, 0.1) is 61.6 Å². The van der Waals surface area contributed by atoms with Gasteiger partial charge in [-0.05, 0) is 79.0 Å². The van der Waals surface area contributed by atoms with E-state index >= 15 is 0 Å². The van der Waals surface area contributed by atoms with Gasteiger partial charge in [0, 0.05) is 22.2 Å².